The lowest BCUT2D eigenvalue weighted by atomic mass is 10.0. The molecule has 0 spiro atoms. The van der Waals surface area contributed by atoms with Crippen molar-refractivity contribution in [3.63, 3.8) is 0 Å². The fourth-order valence-electron chi connectivity index (χ4n) is 7.50. The van der Waals surface area contributed by atoms with Crippen LogP contribution in [0.15, 0.2) is 24.3 Å². The van der Waals surface area contributed by atoms with Gasteiger partial charge in [0.2, 0.25) is 5.91 Å². The highest BCUT2D eigenvalue weighted by atomic mass is 31.2. The largest absolute Gasteiger partial charge is 0.472 e. The van der Waals surface area contributed by atoms with E-state index in [1.807, 2.05) is 6.08 Å². The predicted molar refractivity (Wildman–Crippen MR) is 249 cm³/mol. The van der Waals surface area contributed by atoms with Gasteiger partial charge in [-0.2, -0.15) is 0 Å². The molecule has 0 aliphatic rings. The molecule has 0 saturated heterocycles. The van der Waals surface area contributed by atoms with Crippen molar-refractivity contribution >= 4 is 13.7 Å². The Morgan fingerprint density at radius 2 is 0.914 bits per heavy atom. The van der Waals surface area contributed by atoms with Crippen molar-refractivity contribution in [1.29, 1.82) is 0 Å². The Bertz CT molecular complexity index is 963. The summed E-state index contributed by atoms with van der Waals surface area (Å²) in [4.78, 5) is 22.8. The maximum absolute atomic E-state index is 12.8. The van der Waals surface area contributed by atoms with E-state index in [4.69, 9.17) is 14.8 Å². The van der Waals surface area contributed by atoms with Crippen molar-refractivity contribution in [2.75, 3.05) is 19.8 Å². The summed E-state index contributed by atoms with van der Waals surface area (Å²) in [7, 11) is -4.35. The van der Waals surface area contributed by atoms with Gasteiger partial charge in [-0.3, -0.25) is 13.8 Å². The van der Waals surface area contributed by atoms with Crippen LogP contribution in [0, 0.1) is 0 Å². The van der Waals surface area contributed by atoms with Gasteiger partial charge in [0.15, 0.2) is 0 Å². The van der Waals surface area contributed by atoms with Crippen LogP contribution in [0.25, 0.3) is 0 Å². The van der Waals surface area contributed by atoms with Crippen LogP contribution in [0.4, 0.5) is 0 Å². The Hall–Kier alpha value is -1.02. The summed E-state index contributed by atoms with van der Waals surface area (Å²) in [5.41, 5.74) is 5.39. The second-order valence-electron chi connectivity index (χ2n) is 17.0. The quantitative estimate of drug-likeness (QED) is 0.0273. The fourth-order valence-corrected chi connectivity index (χ4v) is 8.26. The highest BCUT2D eigenvalue weighted by molar-refractivity contribution is 7.47. The van der Waals surface area contributed by atoms with Gasteiger partial charge in [-0.1, -0.05) is 237 Å². The summed E-state index contributed by atoms with van der Waals surface area (Å²) in [6, 6.07) is -0.873. The van der Waals surface area contributed by atoms with E-state index in [9.17, 15) is 19.4 Å². The van der Waals surface area contributed by atoms with Gasteiger partial charge in [0.05, 0.1) is 25.4 Å². The Kier molecular flexibility index (Phi) is 44.7. The van der Waals surface area contributed by atoms with Crippen LogP contribution in [-0.4, -0.2) is 47.8 Å². The monoisotopic (exact) mass is 841 g/mol. The van der Waals surface area contributed by atoms with Gasteiger partial charge in [-0.15, -0.1) is 0 Å². The molecule has 0 aromatic rings. The third kappa shape index (κ3) is 43.1. The van der Waals surface area contributed by atoms with Crippen LogP contribution in [-0.2, 0) is 18.4 Å². The van der Waals surface area contributed by atoms with Crippen LogP contribution in [0.1, 0.15) is 251 Å². The van der Waals surface area contributed by atoms with Crippen molar-refractivity contribution in [3.8, 4) is 0 Å². The van der Waals surface area contributed by atoms with E-state index in [1.54, 1.807) is 6.08 Å². The first-order chi connectivity index (χ1) is 28.4. The van der Waals surface area contributed by atoms with Crippen LogP contribution >= 0.6 is 7.82 Å². The molecule has 0 rings (SSSR count). The molecular weight excluding hydrogens is 744 g/mol. The van der Waals surface area contributed by atoms with Crippen molar-refractivity contribution in [3.05, 3.63) is 24.3 Å². The maximum Gasteiger partial charge on any atom is 0.472 e. The normalized spacial score (nSPS) is 14.1. The molecular formula is C49H97N2O6P. The van der Waals surface area contributed by atoms with E-state index < -0.39 is 20.0 Å². The highest BCUT2D eigenvalue weighted by Crippen LogP contribution is 2.43. The number of carbonyl (C=O) groups excluding carboxylic acids is 1. The Labute approximate surface area is 359 Å². The van der Waals surface area contributed by atoms with Gasteiger partial charge in [0.25, 0.3) is 0 Å². The number of hydrogen-bond donors (Lipinski definition) is 4. The predicted octanol–water partition coefficient (Wildman–Crippen LogP) is 14.5. The third-order valence-corrected chi connectivity index (χ3v) is 12.3. The van der Waals surface area contributed by atoms with Crippen molar-refractivity contribution in [2.45, 2.75) is 264 Å². The molecule has 0 bridgehead atoms. The smallest absolute Gasteiger partial charge is 0.387 e. The Morgan fingerprint density at radius 1 is 0.552 bits per heavy atom. The summed E-state index contributed by atoms with van der Waals surface area (Å²) in [5, 5.41) is 13.7. The molecule has 0 aromatic carbocycles. The van der Waals surface area contributed by atoms with E-state index in [1.165, 1.54) is 193 Å². The Morgan fingerprint density at radius 3 is 1.33 bits per heavy atom. The standard InChI is InChI=1S/C49H97N2O6P/c1-3-5-7-9-11-13-15-17-19-21-23-25-27-29-31-33-35-37-39-41-43-49(53)51-47(46-57-58(54,55)56-45-44-50)48(52)42-40-38-36-34-32-30-28-26-24-22-20-18-16-14-12-10-8-6-4-2/h32,34,40,42,47-48,52H,3-31,33,35-39,41,43-46,50H2,1-2H3,(H,51,53)(H,54,55)/b34-32+,42-40+. The molecule has 3 atom stereocenters. The second kappa shape index (κ2) is 45.5. The van der Waals surface area contributed by atoms with Crippen LogP contribution < -0.4 is 11.1 Å². The van der Waals surface area contributed by atoms with Gasteiger partial charge in [0, 0.05) is 13.0 Å². The number of amides is 1. The SMILES string of the molecule is CCCCCCCCCCCCCCC/C=C/CC/C=C/C(O)C(COP(=O)(O)OCCN)NC(=O)CCCCCCCCCCCCCCCCCCCCCC. The van der Waals surface area contributed by atoms with Crippen molar-refractivity contribution in [1.82, 2.24) is 5.32 Å². The number of nitrogens with two attached hydrogens (primary N) is 1. The molecule has 0 heterocycles. The number of hydrogen-bond acceptors (Lipinski definition) is 6. The molecule has 0 aromatic heterocycles. The molecule has 0 aliphatic carbocycles. The van der Waals surface area contributed by atoms with E-state index in [-0.39, 0.29) is 25.7 Å². The number of allylic oxidation sites excluding steroid dienone is 3. The zero-order valence-corrected chi connectivity index (χ0v) is 39.2. The first kappa shape index (κ1) is 57.0. The number of aliphatic hydroxyl groups excluding tert-OH is 1. The number of phosphoric acid groups is 1. The summed E-state index contributed by atoms with van der Waals surface area (Å²) >= 11 is 0. The van der Waals surface area contributed by atoms with Gasteiger partial charge in [-0.25, -0.2) is 4.57 Å². The molecule has 0 aliphatic heterocycles. The zero-order chi connectivity index (χ0) is 42.5. The minimum absolute atomic E-state index is 0.0762. The van der Waals surface area contributed by atoms with E-state index in [2.05, 4.69) is 31.3 Å². The highest BCUT2D eigenvalue weighted by Gasteiger charge is 2.26. The Balaban J connectivity index is 4.13. The van der Waals surface area contributed by atoms with Gasteiger partial charge < -0.3 is 21.1 Å². The second-order valence-corrected chi connectivity index (χ2v) is 18.5. The van der Waals surface area contributed by atoms with Gasteiger partial charge >= 0.3 is 7.82 Å². The van der Waals surface area contributed by atoms with Gasteiger partial charge in [0.1, 0.15) is 0 Å². The molecule has 344 valence electrons. The summed E-state index contributed by atoms with van der Waals surface area (Å²) in [6.45, 7) is 4.15. The number of rotatable bonds is 47. The number of carbonyl (C=O) groups is 1. The first-order valence-electron chi connectivity index (χ1n) is 25.0. The molecule has 9 heteroatoms. The molecule has 5 N–H and O–H groups in total. The van der Waals surface area contributed by atoms with Crippen molar-refractivity contribution in [2.24, 2.45) is 5.73 Å². The van der Waals surface area contributed by atoms with Gasteiger partial charge in [-0.05, 0) is 32.1 Å². The lowest BCUT2D eigenvalue weighted by Gasteiger charge is -2.23. The van der Waals surface area contributed by atoms with Crippen LogP contribution in [0.5, 0.6) is 0 Å². The molecule has 8 nitrogen and oxygen atoms in total. The number of aliphatic hydroxyl groups is 1. The van der Waals surface area contributed by atoms with Crippen molar-refractivity contribution < 1.29 is 28.4 Å². The molecule has 0 saturated carbocycles. The first-order valence-corrected chi connectivity index (χ1v) is 26.5. The van der Waals surface area contributed by atoms with Crippen LogP contribution in [0.2, 0.25) is 0 Å². The average Bonchev–Trinajstić information content (AvgIpc) is 3.21. The summed E-state index contributed by atoms with van der Waals surface area (Å²) in [6.07, 6.45) is 53.8. The van der Waals surface area contributed by atoms with E-state index in [0.717, 1.165) is 38.5 Å². The van der Waals surface area contributed by atoms with E-state index >= 15 is 0 Å². The molecule has 58 heavy (non-hydrogen) atoms. The lowest BCUT2D eigenvalue weighted by Crippen LogP contribution is -2.45. The minimum atomic E-state index is -4.35. The minimum Gasteiger partial charge on any atom is -0.387 e. The zero-order valence-electron chi connectivity index (χ0n) is 38.3. The number of nitrogens with one attached hydrogen (secondary N) is 1. The maximum atomic E-state index is 12.8. The number of phosphoric ester groups is 1. The summed E-state index contributed by atoms with van der Waals surface area (Å²) < 4.78 is 22.2. The topological polar surface area (TPSA) is 131 Å². The molecule has 3 unspecified atom stereocenters. The fraction of sp³-hybridized carbons (Fsp3) is 0.898. The summed E-state index contributed by atoms with van der Waals surface area (Å²) in [5.74, 6) is -0.199. The molecule has 1 amide bonds. The molecule has 0 fully saturated rings. The van der Waals surface area contributed by atoms with E-state index in [0.29, 0.717) is 6.42 Å². The third-order valence-electron chi connectivity index (χ3n) is 11.3. The molecule has 0 radical (unpaired) electrons. The lowest BCUT2D eigenvalue weighted by molar-refractivity contribution is -0.123. The number of unbranched alkanes of at least 4 members (excludes halogenated alkanes) is 33. The van der Waals surface area contributed by atoms with Crippen LogP contribution in [0.3, 0.4) is 0 Å². The average molecular weight is 841 g/mol.